The normalized spacial score (nSPS) is 13.9. The van der Waals surface area contributed by atoms with E-state index in [2.05, 4.69) is 15.3 Å². The number of hydrogen-bond donors (Lipinski definition) is 1. The fraction of sp³-hybridized carbons (Fsp3) is 0.444. The Morgan fingerprint density at radius 1 is 1.73 bits per heavy atom. The maximum atomic E-state index is 10.9. The maximum absolute atomic E-state index is 10.9. The van der Waals surface area contributed by atoms with Gasteiger partial charge in [-0.15, -0.1) is 0 Å². The van der Waals surface area contributed by atoms with Crippen molar-refractivity contribution in [2.24, 2.45) is 0 Å². The molecule has 0 saturated carbocycles. The van der Waals surface area contributed by atoms with Crippen molar-refractivity contribution in [3.63, 3.8) is 0 Å². The minimum atomic E-state index is -0.860. The average Bonchev–Trinajstić information content (AvgIpc) is 2.16. The lowest BCUT2D eigenvalue weighted by Crippen LogP contribution is -2.23. The molecule has 2 unspecified atom stereocenters. The molecule has 15 heavy (non-hydrogen) atoms. The molecule has 1 aromatic heterocycles. The molecule has 2 atom stereocenters. The van der Waals surface area contributed by atoms with Gasteiger partial charge in [0.2, 0.25) is 5.95 Å². The van der Waals surface area contributed by atoms with Gasteiger partial charge in [0.05, 0.1) is 0 Å². The first kappa shape index (κ1) is 11.6. The van der Waals surface area contributed by atoms with Crippen LogP contribution in [-0.2, 0) is 10.8 Å². The van der Waals surface area contributed by atoms with Gasteiger partial charge in [-0.2, -0.15) is 5.26 Å². The number of nitriles is 1. The highest BCUT2D eigenvalue weighted by Gasteiger charge is 2.06. The van der Waals surface area contributed by atoms with E-state index in [1.54, 1.807) is 6.26 Å². The van der Waals surface area contributed by atoms with Crippen LogP contribution in [-0.4, -0.2) is 32.2 Å². The van der Waals surface area contributed by atoms with E-state index >= 15 is 0 Å². The molecule has 0 fully saturated rings. The van der Waals surface area contributed by atoms with Crippen molar-refractivity contribution in [3.05, 3.63) is 18.0 Å². The molecule has 0 aliphatic rings. The van der Waals surface area contributed by atoms with E-state index in [1.807, 2.05) is 13.0 Å². The molecule has 0 spiro atoms. The summed E-state index contributed by atoms with van der Waals surface area (Å²) in [4.78, 5) is 7.92. The second-order valence-corrected chi connectivity index (χ2v) is 4.64. The molecule has 0 bridgehead atoms. The molecule has 80 valence electrons. The molecule has 0 aliphatic heterocycles. The molecular weight excluding hydrogens is 212 g/mol. The van der Waals surface area contributed by atoms with Crippen LogP contribution in [0.5, 0.6) is 0 Å². The van der Waals surface area contributed by atoms with E-state index in [1.165, 1.54) is 12.3 Å². The van der Waals surface area contributed by atoms with Crippen molar-refractivity contribution in [2.45, 2.75) is 13.0 Å². The fourth-order valence-corrected chi connectivity index (χ4v) is 1.89. The minimum Gasteiger partial charge on any atom is -0.351 e. The van der Waals surface area contributed by atoms with Gasteiger partial charge in [-0.3, -0.25) is 4.21 Å². The van der Waals surface area contributed by atoms with Crippen LogP contribution in [0.3, 0.4) is 0 Å². The molecule has 0 radical (unpaired) electrons. The monoisotopic (exact) mass is 224 g/mol. The maximum Gasteiger partial charge on any atom is 0.224 e. The molecule has 1 rings (SSSR count). The molecule has 1 aromatic rings. The van der Waals surface area contributed by atoms with Crippen molar-refractivity contribution < 1.29 is 4.21 Å². The number of nitrogens with zero attached hydrogens (tertiary/aromatic N) is 3. The largest absolute Gasteiger partial charge is 0.351 e. The zero-order chi connectivity index (χ0) is 11.3. The fourth-order valence-electron chi connectivity index (χ4n) is 1.10. The summed E-state index contributed by atoms with van der Waals surface area (Å²) in [6, 6.07) is 3.48. The summed E-state index contributed by atoms with van der Waals surface area (Å²) in [6.45, 7) is 1.89. The molecule has 1 N–H and O–H groups in total. The van der Waals surface area contributed by atoms with E-state index in [-0.39, 0.29) is 6.04 Å². The number of nitrogens with one attached hydrogen (secondary N) is 1. The van der Waals surface area contributed by atoms with Gasteiger partial charge in [0.15, 0.2) is 0 Å². The highest BCUT2D eigenvalue weighted by molar-refractivity contribution is 7.84. The third kappa shape index (κ3) is 4.04. The number of aromatic nitrogens is 2. The first-order chi connectivity index (χ1) is 7.11. The Hall–Kier alpha value is -1.48. The topological polar surface area (TPSA) is 78.7 Å². The molecule has 0 aliphatic carbocycles. The van der Waals surface area contributed by atoms with Gasteiger partial charge >= 0.3 is 0 Å². The van der Waals surface area contributed by atoms with Gasteiger partial charge in [-0.05, 0) is 13.0 Å². The van der Waals surface area contributed by atoms with Gasteiger partial charge in [0, 0.05) is 35.0 Å². The highest BCUT2D eigenvalue weighted by atomic mass is 32.2. The highest BCUT2D eigenvalue weighted by Crippen LogP contribution is 2.01. The molecule has 5 nitrogen and oxygen atoms in total. The second-order valence-electron chi connectivity index (χ2n) is 3.16. The lowest BCUT2D eigenvalue weighted by molar-refractivity contribution is 0.682. The lowest BCUT2D eigenvalue weighted by Gasteiger charge is -2.11. The van der Waals surface area contributed by atoms with E-state index in [0.29, 0.717) is 17.4 Å². The summed E-state index contributed by atoms with van der Waals surface area (Å²) in [5.74, 6) is 0.923. The molecule has 0 saturated heterocycles. The van der Waals surface area contributed by atoms with Crippen molar-refractivity contribution in [2.75, 3.05) is 17.3 Å². The third-order valence-electron chi connectivity index (χ3n) is 1.63. The van der Waals surface area contributed by atoms with Crippen LogP contribution >= 0.6 is 0 Å². The van der Waals surface area contributed by atoms with Crippen LogP contribution in [0.15, 0.2) is 12.3 Å². The Bertz CT molecular complexity index is 401. The molecule has 0 amide bonds. The van der Waals surface area contributed by atoms with Crippen LogP contribution in [0.4, 0.5) is 5.95 Å². The zero-order valence-electron chi connectivity index (χ0n) is 8.60. The summed E-state index contributed by atoms with van der Waals surface area (Å²) >= 11 is 0. The summed E-state index contributed by atoms with van der Waals surface area (Å²) < 4.78 is 10.9. The Balaban J connectivity index is 2.64. The Morgan fingerprint density at radius 3 is 3.07 bits per heavy atom. The Morgan fingerprint density at radius 2 is 2.47 bits per heavy atom. The minimum absolute atomic E-state index is 0.0183. The van der Waals surface area contributed by atoms with Crippen molar-refractivity contribution in [3.8, 4) is 6.07 Å². The first-order valence-corrected chi connectivity index (χ1v) is 6.14. The lowest BCUT2D eigenvalue weighted by atomic mass is 10.4. The molecule has 0 aromatic carbocycles. The number of anilines is 1. The summed E-state index contributed by atoms with van der Waals surface area (Å²) in [6.07, 6.45) is 3.16. The van der Waals surface area contributed by atoms with Gasteiger partial charge in [-0.25, -0.2) is 9.97 Å². The quantitative estimate of drug-likeness (QED) is 0.807. The van der Waals surface area contributed by atoms with Crippen LogP contribution in [0, 0.1) is 11.3 Å². The van der Waals surface area contributed by atoms with E-state index in [9.17, 15) is 4.21 Å². The van der Waals surface area contributed by atoms with Gasteiger partial charge in [0.1, 0.15) is 11.8 Å². The molecule has 1 heterocycles. The van der Waals surface area contributed by atoms with Crippen molar-refractivity contribution >= 4 is 16.7 Å². The predicted molar refractivity (Wildman–Crippen MR) is 58.8 cm³/mol. The Kier molecular flexibility index (Phi) is 4.18. The smallest absolute Gasteiger partial charge is 0.224 e. The number of rotatable bonds is 4. The zero-order valence-corrected chi connectivity index (χ0v) is 9.41. The van der Waals surface area contributed by atoms with Gasteiger partial charge < -0.3 is 5.32 Å². The first-order valence-electron chi connectivity index (χ1n) is 4.41. The van der Waals surface area contributed by atoms with E-state index < -0.39 is 10.8 Å². The molecular formula is C9H12N4OS. The van der Waals surface area contributed by atoms with Crippen molar-refractivity contribution in [1.29, 1.82) is 5.26 Å². The average molecular weight is 224 g/mol. The van der Waals surface area contributed by atoms with E-state index in [0.717, 1.165) is 0 Å². The van der Waals surface area contributed by atoms with Crippen LogP contribution in [0.1, 0.15) is 12.6 Å². The van der Waals surface area contributed by atoms with Gasteiger partial charge in [-0.1, -0.05) is 0 Å². The summed E-state index contributed by atoms with van der Waals surface area (Å²) in [7, 11) is -0.860. The summed E-state index contributed by atoms with van der Waals surface area (Å²) in [5, 5.41) is 11.6. The summed E-state index contributed by atoms with van der Waals surface area (Å²) in [5.41, 5.74) is 0.317. The van der Waals surface area contributed by atoms with Gasteiger partial charge in [0.25, 0.3) is 0 Å². The van der Waals surface area contributed by atoms with Crippen LogP contribution in [0.2, 0.25) is 0 Å². The SMILES string of the molecule is CC(CS(C)=O)Nc1nccc(C#N)n1. The number of hydrogen-bond acceptors (Lipinski definition) is 5. The standard InChI is InChI=1S/C9H12N4OS/c1-7(6-15(2)14)12-9-11-4-3-8(5-10)13-9/h3-4,7H,6H2,1-2H3,(H,11,12,13). The molecule has 6 heteroatoms. The Labute approximate surface area is 91.0 Å². The second kappa shape index (κ2) is 5.41. The van der Waals surface area contributed by atoms with Crippen LogP contribution in [0.25, 0.3) is 0 Å². The van der Waals surface area contributed by atoms with Crippen LogP contribution < -0.4 is 5.32 Å². The van der Waals surface area contributed by atoms with E-state index in [4.69, 9.17) is 5.26 Å². The predicted octanol–water partition coefficient (Wildman–Crippen LogP) is 0.527. The third-order valence-corrected chi connectivity index (χ3v) is 2.60. The van der Waals surface area contributed by atoms with Crippen molar-refractivity contribution in [1.82, 2.24) is 9.97 Å².